The van der Waals surface area contributed by atoms with Crippen molar-refractivity contribution < 1.29 is 4.79 Å². The number of halogens is 2. The van der Waals surface area contributed by atoms with Gasteiger partial charge in [-0.2, -0.15) is 0 Å². The zero-order chi connectivity index (χ0) is 10.8. The van der Waals surface area contributed by atoms with Crippen molar-refractivity contribution in [1.29, 1.82) is 0 Å². The predicted molar refractivity (Wildman–Crippen MR) is 66.9 cm³/mol. The van der Waals surface area contributed by atoms with Gasteiger partial charge in [-0.3, -0.25) is 4.79 Å². The lowest BCUT2D eigenvalue weighted by Crippen LogP contribution is -1.98. The van der Waals surface area contributed by atoms with E-state index in [1.165, 1.54) is 11.3 Å². The molecule has 0 aliphatic rings. The molecule has 0 aliphatic heterocycles. The minimum Gasteiger partial charge on any atom is -0.288 e. The van der Waals surface area contributed by atoms with Gasteiger partial charge in [-0.25, -0.2) is 0 Å². The molecule has 0 aliphatic carbocycles. The molecule has 76 valence electrons. The average Bonchev–Trinajstić information content (AvgIpc) is 2.65. The van der Waals surface area contributed by atoms with Crippen LogP contribution in [0.1, 0.15) is 15.2 Å². The third kappa shape index (κ3) is 2.30. The molecule has 0 saturated heterocycles. The maximum Gasteiger partial charge on any atom is 0.204 e. The van der Waals surface area contributed by atoms with Gasteiger partial charge in [0, 0.05) is 15.4 Å². The van der Waals surface area contributed by atoms with Crippen molar-refractivity contribution in [2.24, 2.45) is 0 Å². The highest BCUT2D eigenvalue weighted by Gasteiger charge is 2.13. The molecule has 0 radical (unpaired) electrons. The Kier molecular flexibility index (Phi) is 3.24. The Balaban J connectivity index is 2.41. The van der Waals surface area contributed by atoms with Crippen LogP contribution >= 0.6 is 38.9 Å². The molecule has 4 heteroatoms. The van der Waals surface area contributed by atoms with E-state index in [9.17, 15) is 4.79 Å². The Hall–Kier alpha value is -0.640. The molecular weight excluding hydrogens is 296 g/mol. The fourth-order valence-corrected chi connectivity index (χ4v) is 2.81. The van der Waals surface area contributed by atoms with E-state index in [0.29, 0.717) is 15.5 Å². The van der Waals surface area contributed by atoms with Gasteiger partial charge in [0.25, 0.3) is 0 Å². The number of hydrogen-bond acceptors (Lipinski definition) is 2. The summed E-state index contributed by atoms with van der Waals surface area (Å²) in [6.07, 6.45) is 0. The van der Waals surface area contributed by atoms with Crippen LogP contribution in [0.2, 0.25) is 5.02 Å². The van der Waals surface area contributed by atoms with Crippen molar-refractivity contribution in [3.8, 4) is 0 Å². The summed E-state index contributed by atoms with van der Waals surface area (Å²) in [4.78, 5) is 12.7. The highest BCUT2D eigenvalue weighted by atomic mass is 79.9. The third-order valence-corrected chi connectivity index (χ3v) is 3.93. The summed E-state index contributed by atoms with van der Waals surface area (Å²) in [5.74, 6) is -0.0312. The average molecular weight is 302 g/mol. The summed E-state index contributed by atoms with van der Waals surface area (Å²) in [6.45, 7) is 0. The van der Waals surface area contributed by atoms with Gasteiger partial charge in [-0.05, 0) is 34.1 Å². The summed E-state index contributed by atoms with van der Waals surface area (Å²) in [6, 6.07) is 8.87. The number of thiophene rings is 1. The highest BCUT2D eigenvalue weighted by Crippen LogP contribution is 2.25. The van der Waals surface area contributed by atoms with Gasteiger partial charge in [0.05, 0.1) is 9.90 Å². The molecule has 0 amide bonds. The molecular formula is C11H6BrClOS. The minimum atomic E-state index is -0.0312. The van der Waals surface area contributed by atoms with Crippen LogP contribution in [0.15, 0.2) is 40.2 Å². The lowest BCUT2D eigenvalue weighted by atomic mass is 10.1. The molecule has 2 rings (SSSR count). The molecule has 1 aromatic heterocycles. The smallest absolute Gasteiger partial charge is 0.204 e. The molecule has 1 aromatic carbocycles. The van der Waals surface area contributed by atoms with Gasteiger partial charge in [0.15, 0.2) is 0 Å². The van der Waals surface area contributed by atoms with Crippen LogP contribution in [-0.2, 0) is 0 Å². The quantitative estimate of drug-likeness (QED) is 0.752. The SMILES string of the molecule is O=C(c1cc(Br)cs1)c1ccccc1Cl. The Labute approximate surface area is 105 Å². The van der Waals surface area contributed by atoms with Gasteiger partial charge < -0.3 is 0 Å². The molecule has 1 nitrogen and oxygen atoms in total. The van der Waals surface area contributed by atoms with Gasteiger partial charge in [-0.15, -0.1) is 11.3 Å². The lowest BCUT2D eigenvalue weighted by Gasteiger charge is -1.99. The normalized spacial score (nSPS) is 10.3. The van der Waals surface area contributed by atoms with E-state index in [-0.39, 0.29) is 5.78 Å². The summed E-state index contributed by atoms with van der Waals surface area (Å²) >= 11 is 10.7. The standard InChI is InChI=1S/C11H6BrClOS/c12-7-5-10(15-6-7)11(14)8-3-1-2-4-9(8)13/h1-6H. The van der Waals surface area contributed by atoms with Crippen LogP contribution in [0, 0.1) is 0 Å². The summed E-state index contributed by atoms with van der Waals surface area (Å²) < 4.78 is 0.919. The molecule has 15 heavy (non-hydrogen) atoms. The molecule has 0 unspecified atom stereocenters. The van der Waals surface area contributed by atoms with Crippen molar-refractivity contribution >= 4 is 44.7 Å². The van der Waals surface area contributed by atoms with Crippen molar-refractivity contribution in [1.82, 2.24) is 0 Å². The van der Waals surface area contributed by atoms with E-state index in [1.807, 2.05) is 17.5 Å². The zero-order valence-electron chi connectivity index (χ0n) is 7.54. The van der Waals surface area contributed by atoms with Crippen LogP contribution in [0.25, 0.3) is 0 Å². The molecule has 0 fully saturated rings. The number of ketones is 1. The zero-order valence-corrected chi connectivity index (χ0v) is 10.7. The summed E-state index contributed by atoms with van der Waals surface area (Å²) in [5, 5.41) is 2.37. The Morgan fingerprint density at radius 3 is 2.67 bits per heavy atom. The molecule has 2 aromatic rings. The first-order chi connectivity index (χ1) is 7.18. The molecule has 0 N–H and O–H groups in total. The van der Waals surface area contributed by atoms with Gasteiger partial charge >= 0.3 is 0 Å². The van der Waals surface area contributed by atoms with E-state index in [4.69, 9.17) is 11.6 Å². The van der Waals surface area contributed by atoms with E-state index in [2.05, 4.69) is 15.9 Å². The van der Waals surface area contributed by atoms with Crippen LogP contribution in [0.3, 0.4) is 0 Å². The maximum atomic E-state index is 12.0. The molecule has 0 saturated carbocycles. The molecule has 0 spiro atoms. The number of carbonyl (C=O) groups is 1. The number of benzene rings is 1. The Morgan fingerprint density at radius 2 is 2.07 bits per heavy atom. The van der Waals surface area contributed by atoms with Crippen molar-refractivity contribution in [3.63, 3.8) is 0 Å². The molecule has 1 heterocycles. The minimum absolute atomic E-state index is 0.0312. The first-order valence-corrected chi connectivity index (χ1v) is 6.27. The second-order valence-electron chi connectivity index (χ2n) is 2.94. The van der Waals surface area contributed by atoms with Crippen molar-refractivity contribution in [2.45, 2.75) is 0 Å². The second-order valence-corrected chi connectivity index (χ2v) is 5.17. The Morgan fingerprint density at radius 1 is 1.33 bits per heavy atom. The monoisotopic (exact) mass is 300 g/mol. The molecule has 0 bridgehead atoms. The van der Waals surface area contributed by atoms with E-state index < -0.39 is 0 Å². The summed E-state index contributed by atoms with van der Waals surface area (Å²) in [7, 11) is 0. The fourth-order valence-electron chi connectivity index (χ4n) is 1.21. The topological polar surface area (TPSA) is 17.1 Å². The van der Waals surface area contributed by atoms with Gasteiger partial charge in [0.2, 0.25) is 5.78 Å². The largest absolute Gasteiger partial charge is 0.288 e. The highest BCUT2D eigenvalue weighted by molar-refractivity contribution is 9.10. The number of rotatable bonds is 2. The van der Waals surface area contributed by atoms with Gasteiger partial charge in [0.1, 0.15) is 0 Å². The summed E-state index contributed by atoms with van der Waals surface area (Å²) in [5.41, 5.74) is 0.550. The molecule has 0 atom stereocenters. The first kappa shape index (κ1) is 10.9. The number of carbonyl (C=O) groups excluding carboxylic acids is 1. The predicted octanol–water partition coefficient (Wildman–Crippen LogP) is 4.40. The van der Waals surface area contributed by atoms with Crippen LogP contribution in [0.5, 0.6) is 0 Å². The van der Waals surface area contributed by atoms with Crippen LogP contribution < -0.4 is 0 Å². The van der Waals surface area contributed by atoms with E-state index >= 15 is 0 Å². The van der Waals surface area contributed by atoms with E-state index in [1.54, 1.807) is 18.2 Å². The van der Waals surface area contributed by atoms with Crippen LogP contribution in [0.4, 0.5) is 0 Å². The maximum absolute atomic E-state index is 12.0. The third-order valence-electron chi connectivity index (χ3n) is 1.91. The fraction of sp³-hybridized carbons (Fsp3) is 0. The number of hydrogen-bond donors (Lipinski definition) is 0. The van der Waals surface area contributed by atoms with Gasteiger partial charge in [-0.1, -0.05) is 23.7 Å². The van der Waals surface area contributed by atoms with Crippen LogP contribution in [-0.4, -0.2) is 5.78 Å². The van der Waals surface area contributed by atoms with Crippen molar-refractivity contribution in [2.75, 3.05) is 0 Å². The Bertz CT molecular complexity index is 507. The second kappa shape index (κ2) is 4.47. The van der Waals surface area contributed by atoms with E-state index in [0.717, 1.165) is 4.47 Å². The van der Waals surface area contributed by atoms with Crippen molar-refractivity contribution in [3.05, 3.63) is 55.6 Å². The first-order valence-electron chi connectivity index (χ1n) is 4.22. The lowest BCUT2D eigenvalue weighted by molar-refractivity contribution is 0.104.